The fourth-order valence-electron chi connectivity index (χ4n) is 1.83. The molecule has 0 unspecified atom stereocenters. The molecule has 0 radical (unpaired) electrons. The Morgan fingerprint density at radius 3 is 2.25 bits per heavy atom. The average molecular weight is 270 g/mol. The van der Waals surface area contributed by atoms with E-state index in [-0.39, 0.29) is 5.91 Å². The normalized spacial score (nSPS) is 10.1. The van der Waals surface area contributed by atoms with Crippen molar-refractivity contribution in [3.05, 3.63) is 48.3 Å². The molecule has 0 saturated carbocycles. The van der Waals surface area contributed by atoms with Crippen molar-refractivity contribution in [2.24, 2.45) is 0 Å². The van der Waals surface area contributed by atoms with E-state index in [2.05, 4.69) is 15.3 Å². The van der Waals surface area contributed by atoms with E-state index in [0.29, 0.717) is 11.5 Å². The Bertz CT molecular complexity index is 550. The quantitative estimate of drug-likeness (QED) is 0.907. The van der Waals surface area contributed by atoms with Crippen LogP contribution in [0.4, 0.5) is 11.6 Å². The summed E-state index contributed by atoms with van der Waals surface area (Å²) in [6.07, 6.45) is 3.11. The predicted octanol–water partition coefficient (Wildman–Crippen LogP) is 2.58. The van der Waals surface area contributed by atoms with Crippen LogP contribution in [-0.2, 0) is 0 Å². The van der Waals surface area contributed by atoms with Gasteiger partial charge in [0.1, 0.15) is 0 Å². The smallest absolute Gasteiger partial charge is 0.258 e. The zero-order chi connectivity index (χ0) is 14.4. The molecule has 0 spiro atoms. The van der Waals surface area contributed by atoms with Gasteiger partial charge in [0, 0.05) is 31.2 Å². The first-order chi connectivity index (χ1) is 9.74. The molecule has 5 heteroatoms. The minimum atomic E-state index is -0.206. The summed E-state index contributed by atoms with van der Waals surface area (Å²) in [6.45, 7) is 5.77. The van der Waals surface area contributed by atoms with Crippen LogP contribution < -0.4 is 10.2 Å². The zero-order valence-electron chi connectivity index (χ0n) is 11.7. The highest BCUT2D eigenvalue weighted by Crippen LogP contribution is 2.10. The summed E-state index contributed by atoms with van der Waals surface area (Å²) in [5, 5.41) is 2.80. The number of hydrogen-bond acceptors (Lipinski definition) is 4. The molecule has 0 bridgehead atoms. The number of aromatic nitrogens is 2. The van der Waals surface area contributed by atoms with Crippen LogP contribution >= 0.6 is 0 Å². The van der Waals surface area contributed by atoms with Crippen LogP contribution in [-0.4, -0.2) is 29.0 Å². The molecule has 104 valence electrons. The molecule has 2 rings (SSSR count). The van der Waals surface area contributed by atoms with Crippen molar-refractivity contribution < 1.29 is 4.79 Å². The lowest BCUT2D eigenvalue weighted by molar-refractivity contribution is 0.102. The minimum absolute atomic E-state index is 0.206. The fraction of sp³-hybridized carbons (Fsp3) is 0.267. The summed E-state index contributed by atoms with van der Waals surface area (Å²) in [5.74, 6) is 0.438. The topological polar surface area (TPSA) is 58.1 Å². The molecule has 0 atom stereocenters. The number of para-hydroxylation sites is 1. The van der Waals surface area contributed by atoms with Gasteiger partial charge in [0.15, 0.2) is 0 Å². The lowest BCUT2D eigenvalue weighted by Crippen LogP contribution is -2.24. The number of nitrogens with one attached hydrogen (secondary N) is 1. The maximum absolute atomic E-state index is 12.0. The Morgan fingerprint density at radius 2 is 1.70 bits per heavy atom. The van der Waals surface area contributed by atoms with Crippen LogP contribution in [0.3, 0.4) is 0 Å². The summed E-state index contributed by atoms with van der Waals surface area (Å²) in [7, 11) is 0. The molecule has 5 nitrogen and oxygen atoms in total. The van der Waals surface area contributed by atoms with Crippen molar-refractivity contribution in [2.45, 2.75) is 13.8 Å². The Hall–Kier alpha value is -2.43. The van der Waals surface area contributed by atoms with E-state index in [1.54, 1.807) is 12.4 Å². The number of nitrogens with zero attached hydrogens (tertiary/aromatic N) is 3. The van der Waals surface area contributed by atoms with E-state index in [1.807, 2.05) is 49.1 Å². The molecule has 0 fully saturated rings. The molecular weight excluding hydrogens is 252 g/mol. The maximum atomic E-state index is 12.0. The number of hydrogen-bond donors (Lipinski definition) is 1. The van der Waals surface area contributed by atoms with Crippen molar-refractivity contribution in [2.75, 3.05) is 23.3 Å². The number of anilines is 2. The van der Waals surface area contributed by atoms with Gasteiger partial charge in [-0.15, -0.1) is 0 Å². The lowest BCUT2D eigenvalue weighted by Gasteiger charge is -2.17. The highest BCUT2D eigenvalue weighted by molar-refractivity contribution is 6.03. The van der Waals surface area contributed by atoms with Gasteiger partial charge < -0.3 is 10.2 Å². The van der Waals surface area contributed by atoms with Crippen molar-refractivity contribution in [3.8, 4) is 0 Å². The number of carbonyl (C=O) groups excluding carboxylic acids is 1. The van der Waals surface area contributed by atoms with E-state index >= 15 is 0 Å². The molecule has 1 aromatic carbocycles. The number of benzene rings is 1. The van der Waals surface area contributed by atoms with Gasteiger partial charge in [-0.2, -0.15) is 0 Å². The first-order valence-corrected chi connectivity index (χ1v) is 6.68. The predicted molar refractivity (Wildman–Crippen MR) is 80.0 cm³/mol. The van der Waals surface area contributed by atoms with Crippen LogP contribution in [0, 0.1) is 0 Å². The van der Waals surface area contributed by atoms with Gasteiger partial charge in [0.2, 0.25) is 5.95 Å². The molecule has 0 aliphatic carbocycles. The minimum Gasteiger partial charge on any atom is -0.341 e. The van der Waals surface area contributed by atoms with E-state index in [9.17, 15) is 4.79 Å². The van der Waals surface area contributed by atoms with Gasteiger partial charge in [0.25, 0.3) is 5.91 Å². The Labute approximate surface area is 118 Å². The molecule has 1 amide bonds. The molecule has 1 heterocycles. The first-order valence-electron chi connectivity index (χ1n) is 6.68. The second-order valence-electron chi connectivity index (χ2n) is 4.26. The summed E-state index contributed by atoms with van der Waals surface area (Å²) < 4.78 is 0. The van der Waals surface area contributed by atoms with Crippen LogP contribution in [0.2, 0.25) is 0 Å². The van der Waals surface area contributed by atoms with Gasteiger partial charge >= 0.3 is 0 Å². The van der Waals surface area contributed by atoms with Crippen LogP contribution in [0.25, 0.3) is 0 Å². The van der Waals surface area contributed by atoms with Crippen LogP contribution in [0.1, 0.15) is 24.2 Å². The largest absolute Gasteiger partial charge is 0.341 e. The zero-order valence-corrected chi connectivity index (χ0v) is 11.7. The van der Waals surface area contributed by atoms with Gasteiger partial charge in [-0.05, 0) is 26.0 Å². The van der Waals surface area contributed by atoms with Crippen molar-refractivity contribution >= 4 is 17.5 Å². The molecule has 1 N–H and O–H groups in total. The second-order valence-corrected chi connectivity index (χ2v) is 4.26. The van der Waals surface area contributed by atoms with E-state index < -0.39 is 0 Å². The van der Waals surface area contributed by atoms with Crippen molar-refractivity contribution in [1.29, 1.82) is 0 Å². The molecular formula is C15H18N4O. The van der Waals surface area contributed by atoms with Crippen LogP contribution in [0.5, 0.6) is 0 Å². The summed E-state index contributed by atoms with van der Waals surface area (Å²) in [6, 6.07) is 9.31. The number of rotatable bonds is 5. The Balaban J connectivity index is 2.08. The lowest BCUT2D eigenvalue weighted by atomic mass is 10.3. The highest BCUT2D eigenvalue weighted by Gasteiger charge is 2.09. The monoisotopic (exact) mass is 270 g/mol. The van der Waals surface area contributed by atoms with Crippen molar-refractivity contribution in [3.63, 3.8) is 0 Å². The molecule has 20 heavy (non-hydrogen) atoms. The van der Waals surface area contributed by atoms with Gasteiger partial charge in [-0.1, -0.05) is 18.2 Å². The van der Waals surface area contributed by atoms with E-state index in [0.717, 1.165) is 18.8 Å². The third-order valence-electron chi connectivity index (χ3n) is 2.98. The summed E-state index contributed by atoms with van der Waals surface area (Å²) >= 11 is 0. The van der Waals surface area contributed by atoms with E-state index in [1.165, 1.54) is 0 Å². The average Bonchev–Trinajstić information content (AvgIpc) is 2.50. The Kier molecular flexibility index (Phi) is 4.65. The molecule has 1 aromatic heterocycles. The van der Waals surface area contributed by atoms with E-state index in [4.69, 9.17) is 0 Å². The number of carbonyl (C=O) groups is 1. The third kappa shape index (κ3) is 3.32. The van der Waals surface area contributed by atoms with Gasteiger partial charge in [-0.25, -0.2) is 9.97 Å². The van der Waals surface area contributed by atoms with Gasteiger partial charge in [-0.3, -0.25) is 4.79 Å². The molecule has 0 saturated heterocycles. The Morgan fingerprint density at radius 1 is 1.10 bits per heavy atom. The van der Waals surface area contributed by atoms with Gasteiger partial charge in [0.05, 0.1) is 5.56 Å². The standard InChI is InChI=1S/C15H18N4O/c1-3-19(4-2)15-16-10-12(11-17-15)14(20)18-13-8-6-5-7-9-13/h5-11H,3-4H2,1-2H3,(H,18,20). The molecule has 0 aliphatic heterocycles. The summed E-state index contributed by atoms with van der Waals surface area (Å²) in [5.41, 5.74) is 1.20. The maximum Gasteiger partial charge on any atom is 0.258 e. The second kappa shape index (κ2) is 6.65. The molecule has 0 aliphatic rings. The molecule has 2 aromatic rings. The SMILES string of the molecule is CCN(CC)c1ncc(C(=O)Nc2ccccc2)cn1. The van der Waals surface area contributed by atoms with Crippen molar-refractivity contribution in [1.82, 2.24) is 9.97 Å². The third-order valence-corrected chi connectivity index (χ3v) is 2.98. The van der Waals surface area contributed by atoms with Crippen LogP contribution in [0.15, 0.2) is 42.7 Å². The summed E-state index contributed by atoms with van der Waals surface area (Å²) in [4.78, 5) is 22.5. The first kappa shape index (κ1) is 14.0. The fourth-order valence-corrected chi connectivity index (χ4v) is 1.83. The highest BCUT2D eigenvalue weighted by atomic mass is 16.1. The number of amides is 1.